The first-order valence-electron chi connectivity index (χ1n) is 5.92. The first-order valence-corrected chi connectivity index (χ1v) is 6.80. The normalized spacial score (nSPS) is 12.9. The van der Waals surface area contributed by atoms with Crippen molar-refractivity contribution in [1.29, 1.82) is 0 Å². The van der Waals surface area contributed by atoms with Crippen LogP contribution in [0.15, 0.2) is 30.2 Å². The monoisotopic (exact) mass is 274 g/mol. The van der Waals surface area contributed by atoms with Crippen LogP contribution in [0.25, 0.3) is 5.52 Å². The molecule has 3 rings (SSSR count). The van der Waals surface area contributed by atoms with E-state index in [1.165, 1.54) is 0 Å². The molecule has 3 aromatic rings. The van der Waals surface area contributed by atoms with E-state index in [4.69, 9.17) is 5.84 Å². The molecule has 0 aliphatic heterocycles. The number of nitrogens with zero attached hydrogens (tertiary/aromatic N) is 4. The van der Waals surface area contributed by atoms with E-state index >= 15 is 0 Å². The molecule has 0 aromatic carbocycles. The number of nitrogens with one attached hydrogen (secondary N) is 1. The van der Waals surface area contributed by atoms with Gasteiger partial charge in [0.05, 0.1) is 29.0 Å². The molecular formula is C12H14N6S. The fraction of sp³-hybridized carbons (Fsp3) is 0.250. The zero-order valence-electron chi connectivity index (χ0n) is 10.4. The molecule has 0 aliphatic rings. The smallest absolute Gasteiger partial charge is 0.0947 e. The molecule has 0 aliphatic carbocycles. The molecule has 1 unspecified atom stereocenters. The number of hydrazine groups is 1. The average Bonchev–Trinajstić information content (AvgIpc) is 3.02. The highest BCUT2D eigenvalue weighted by molar-refractivity contribution is 7.09. The van der Waals surface area contributed by atoms with Gasteiger partial charge in [-0.25, -0.2) is 9.50 Å². The molecule has 0 spiro atoms. The third-order valence-electron chi connectivity index (χ3n) is 2.98. The van der Waals surface area contributed by atoms with Gasteiger partial charge >= 0.3 is 0 Å². The summed E-state index contributed by atoms with van der Waals surface area (Å²) in [6.45, 7) is 1.99. The van der Waals surface area contributed by atoms with E-state index in [0.29, 0.717) is 0 Å². The first-order chi connectivity index (χ1) is 9.28. The first kappa shape index (κ1) is 12.2. The van der Waals surface area contributed by atoms with Gasteiger partial charge in [-0.1, -0.05) is 0 Å². The number of hydrogen-bond donors (Lipinski definition) is 2. The van der Waals surface area contributed by atoms with Gasteiger partial charge in [0.2, 0.25) is 0 Å². The van der Waals surface area contributed by atoms with Gasteiger partial charge in [0.15, 0.2) is 0 Å². The summed E-state index contributed by atoms with van der Waals surface area (Å²) in [5, 5.41) is 7.40. The van der Waals surface area contributed by atoms with Gasteiger partial charge < -0.3 is 0 Å². The predicted octanol–water partition coefficient (Wildman–Crippen LogP) is 1.24. The summed E-state index contributed by atoms with van der Waals surface area (Å²) in [4.78, 5) is 8.60. The molecule has 1 atom stereocenters. The van der Waals surface area contributed by atoms with Crippen LogP contribution >= 0.6 is 11.3 Å². The highest BCUT2D eigenvalue weighted by Crippen LogP contribution is 2.23. The topological polar surface area (TPSA) is 81.1 Å². The zero-order chi connectivity index (χ0) is 13.2. The van der Waals surface area contributed by atoms with Crippen LogP contribution in [0.1, 0.15) is 22.3 Å². The van der Waals surface area contributed by atoms with Crippen molar-refractivity contribution < 1.29 is 0 Å². The second-order valence-electron chi connectivity index (χ2n) is 4.31. The van der Waals surface area contributed by atoms with Crippen LogP contribution in [0.3, 0.4) is 0 Å². The van der Waals surface area contributed by atoms with Gasteiger partial charge in [0, 0.05) is 35.5 Å². The van der Waals surface area contributed by atoms with Crippen molar-refractivity contribution in [2.45, 2.75) is 19.4 Å². The van der Waals surface area contributed by atoms with Crippen molar-refractivity contribution in [2.75, 3.05) is 0 Å². The molecule has 3 N–H and O–H groups in total. The largest absolute Gasteiger partial charge is 0.271 e. The van der Waals surface area contributed by atoms with Crippen molar-refractivity contribution in [2.24, 2.45) is 5.84 Å². The minimum atomic E-state index is -0.0211. The van der Waals surface area contributed by atoms with Crippen LogP contribution < -0.4 is 11.3 Å². The van der Waals surface area contributed by atoms with E-state index in [1.807, 2.05) is 24.7 Å². The second kappa shape index (κ2) is 5.04. The number of aryl methyl sites for hydroxylation is 1. The standard InChI is InChI=1S/C12H14N6S/c1-8-7-19-12(16-8)4-10(17-13)9-5-15-18-3-2-14-6-11(9)18/h2-3,5-7,10,17H,4,13H2,1H3. The molecule has 98 valence electrons. The van der Waals surface area contributed by atoms with Gasteiger partial charge in [0.1, 0.15) is 0 Å². The predicted molar refractivity (Wildman–Crippen MR) is 73.6 cm³/mol. The Balaban J connectivity index is 1.93. The fourth-order valence-corrected chi connectivity index (χ4v) is 2.87. The Kier molecular flexibility index (Phi) is 3.24. The van der Waals surface area contributed by atoms with E-state index in [2.05, 4.69) is 20.5 Å². The molecule has 0 saturated carbocycles. The van der Waals surface area contributed by atoms with E-state index in [1.54, 1.807) is 28.2 Å². The molecule has 6 nitrogen and oxygen atoms in total. The Morgan fingerprint density at radius 2 is 2.37 bits per heavy atom. The Labute approximate surface area is 114 Å². The SMILES string of the molecule is Cc1csc(CC(NN)c2cnn3ccncc23)n1. The van der Waals surface area contributed by atoms with Crippen LogP contribution in [-0.2, 0) is 6.42 Å². The lowest BCUT2D eigenvalue weighted by atomic mass is 10.1. The summed E-state index contributed by atoms with van der Waals surface area (Å²) in [5.74, 6) is 5.68. The molecule has 0 bridgehead atoms. The number of fused-ring (bicyclic) bond motifs is 1. The third-order valence-corrected chi connectivity index (χ3v) is 3.97. The van der Waals surface area contributed by atoms with Crippen molar-refractivity contribution in [3.8, 4) is 0 Å². The third kappa shape index (κ3) is 2.35. The van der Waals surface area contributed by atoms with Gasteiger partial charge in [0.25, 0.3) is 0 Å². The summed E-state index contributed by atoms with van der Waals surface area (Å²) in [5.41, 5.74) is 5.87. The maximum atomic E-state index is 5.68. The van der Waals surface area contributed by atoms with Crippen LogP contribution in [0, 0.1) is 6.92 Å². The quantitative estimate of drug-likeness (QED) is 0.552. The maximum absolute atomic E-state index is 5.68. The summed E-state index contributed by atoms with van der Waals surface area (Å²) >= 11 is 1.65. The molecule has 3 aromatic heterocycles. The Bertz CT molecular complexity index is 688. The number of hydrogen-bond acceptors (Lipinski definition) is 6. The van der Waals surface area contributed by atoms with Crippen molar-refractivity contribution >= 4 is 16.9 Å². The number of rotatable bonds is 4. The lowest BCUT2D eigenvalue weighted by Gasteiger charge is -2.13. The molecule has 19 heavy (non-hydrogen) atoms. The molecule has 7 heteroatoms. The molecule has 0 amide bonds. The van der Waals surface area contributed by atoms with Gasteiger partial charge in [-0.3, -0.25) is 16.3 Å². The van der Waals surface area contributed by atoms with Crippen LogP contribution in [-0.4, -0.2) is 19.6 Å². The van der Waals surface area contributed by atoms with Crippen LogP contribution in [0.4, 0.5) is 0 Å². The average molecular weight is 274 g/mol. The zero-order valence-corrected chi connectivity index (χ0v) is 11.3. The highest BCUT2D eigenvalue weighted by atomic mass is 32.1. The van der Waals surface area contributed by atoms with Crippen LogP contribution in [0.5, 0.6) is 0 Å². The molecule has 0 saturated heterocycles. The number of nitrogens with two attached hydrogens (primary N) is 1. The molecule has 3 heterocycles. The van der Waals surface area contributed by atoms with Gasteiger partial charge in [-0.05, 0) is 6.92 Å². The van der Waals surface area contributed by atoms with E-state index in [0.717, 1.165) is 28.2 Å². The van der Waals surface area contributed by atoms with E-state index < -0.39 is 0 Å². The highest BCUT2D eigenvalue weighted by Gasteiger charge is 2.17. The molecule has 0 fully saturated rings. The molecule has 0 radical (unpaired) electrons. The summed E-state index contributed by atoms with van der Waals surface area (Å²) < 4.78 is 1.79. The van der Waals surface area contributed by atoms with Crippen LogP contribution in [0.2, 0.25) is 0 Å². The minimum absolute atomic E-state index is 0.0211. The van der Waals surface area contributed by atoms with Crippen molar-refractivity contribution in [3.05, 3.63) is 46.4 Å². The lowest BCUT2D eigenvalue weighted by Crippen LogP contribution is -2.29. The Morgan fingerprint density at radius 3 is 3.11 bits per heavy atom. The lowest BCUT2D eigenvalue weighted by molar-refractivity contribution is 0.553. The maximum Gasteiger partial charge on any atom is 0.0947 e. The fourth-order valence-electron chi connectivity index (χ4n) is 2.05. The Morgan fingerprint density at radius 1 is 1.47 bits per heavy atom. The number of thiazole rings is 1. The van der Waals surface area contributed by atoms with Gasteiger partial charge in [-0.15, -0.1) is 11.3 Å². The van der Waals surface area contributed by atoms with E-state index in [9.17, 15) is 0 Å². The van der Waals surface area contributed by atoms with Crippen molar-refractivity contribution in [1.82, 2.24) is 25.0 Å². The van der Waals surface area contributed by atoms with Crippen molar-refractivity contribution in [3.63, 3.8) is 0 Å². The molecular weight excluding hydrogens is 260 g/mol. The minimum Gasteiger partial charge on any atom is -0.271 e. The summed E-state index contributed by atoms with van der Waals surface area (Å²) in [6, 6.07) is -0.0211. The number of aromatic nitrogens is 4. The van der Waals surface area contributed by atoms with Gasteiger partial charge in [-0.2, -0.15) is 5.10 Å². The Hall–Kier alpha value is -1.83. The van der Waals surface area contributed by atoms with E-state index in [-0.39, 0.29) is 6.04 Å². The second-order valence-corrected chi connectivity index (χ2v) is 5.25. The summed E-state index contributed by atoms with van der Waals surface area (Å²) in [6.07, 6.45) is 7.88. The summed E-state index contributed by atoms with van der Waals surface area (Å²) in [7, 11) is 0.